The zero-order valence-corrected chi connectivity index (χ0v) is 15.4. The van der Waals surface area contributed by atoms with E-state index >= 15 is 0 Å². The second-order valence-electron chi connectivity index (χ2n) is 6.05. The smallest absolute Gasteiger partial charge is 0.256 e. The molecule has 0 saturated heterocycles. The molecular weight excluding hydrogens is 364 g/mol. The van der Waals surface area contributed by atoms with Crippen molar-refractivity contribution >= 4 is 23.2 Å². The molecule has 0 saturated carbocycles. The Kier molecular flexibility index (Phi) is 4.60. The molecule has 0 aliphatic rings. The lowest BCUT2D eigenvalue weighted by atomic mass is 10.2. The third kappa shape index (κ3) is 3.29. The number of amides is 1. The highest BCUT2D eigenvalue weighted by molar-refractivity contribution is 6.33. The SMILES string of the molecule is Cc1nn(-c2ccccc2)c(Cl)c1C(=O)NCCc1nnc2ccccn12. The molecule has 0 radical (unpaired) electrons. The lowest BCUT2D eigenvalue weighted by Crippen LogP contribution is -2.26. The largest absolute Gasteiger partial charge is 0.351 e. The van der Waals surface area contributed by atoms with Gasteiger partial charge >= 0.3 is 0 Å². The van der Waals surface area contributed by atoms with E-state index in [0.717, 1.165) is 17.2 Å². The molecule has 1 amide bonds. The monoisotopic (exact) mass is 380 g/mol. The second-order valence-corrected chi connectivity index (χ2v) is 6.41. The van der Waals surface area contributed by atoms with Gasteiger partial charge in [-0.2, -0.15) is 5.10 Å². The molecule has 0 bridgehead atoms. The molecule has 3 heterocycles. The van der Waals surface area contributed by atoms with Gasteiger partial charge in [-0.25, -0.2) is 4.68 Å². The first-order valence-corrected chi connectivity index (χ1v) is 8.90. The summed E-state index contributed by atoms with van der Waals surface area (Å²) in [4.78, 5) is 12.6. The van der Waals surface area contributed by atoms with Crippen LogP contribution in [0.15, 0.2) is 54.7 Å². The quantitative estimate of drug-likeness (QED) is 0.577. The fraction of sp³-hybridized carbons (Fsp3) is 0.158. The van der Waals surface area contributed by atoms with E-state index in [4.69, 9.17) is 11.6 Å². The van der Waals surface area contributed by atoms with Crippen molar-refractivity contribution in [3.05, 3.63) is 77.0 Å². The van der Waals surface area contributed by atoms with Crippen molar-refractivity contribution in [1.29, 1.82) is 0 Å². The molecule has 1 aromatic carbocycles. The Bertz CT molecular complexity index is 1100. The fourth-order valence-electron chi connectivity index (χ4n) is 2.93. The Hall–Kier alpha value is -3.19. The van der Waals surface area contributed by atoms with Crippen LogP contribution in [-0.2, 0) is 6.42 Å². The minimum Gasteiger partial charge on any atom is -0.351 e. The van der Waals surface area contributed by atoms with Gasteiger partial charge in [0.1, 0.15) is 11.0 Å². The van der Waals surface area contributed by atoms with E-state index in [9.17, 15) is 4.79 Å². The molecule has 7 nitrogen and oxygen atoms in total. The number of carbonyl (C=O) groups excluding carboxylic acids is 1. The summed E-state index contributed by atoms with van der Waals surface area (Å²) in [7, 11) is 0. The van der Waals surface area contributed by atoms with Gasteiger partial charge < -0.3 is 5.32 Å². The summed E-state index contributed by atoms with van der Waals surface area (Å²) in [5, 5.41) is 15.9. The highest BCUT2D eigenvalue weighted by Gasteiger charge is 2.21. The summed E-state index contributed by atoms with van der Waals surface area (Å²) < 4.78 is 3.47. The maximum Gasteiger partial charge on any atom is 0.256 e. The Morgan fingerprint density at radius 3 is 2.70 bits per heavy atom. The molecule has 0 spiro atoms. The highest BCUT2D eigenvalue weighted by Crippen LogP contribution is 2.23. The minimum atomic E-state index is -0.256. The second kappa shape index (κ2) is 7.20. The number of rotatable bonds is 5. The molecule has 0 aliphatic carbocycles. The maximum atomic E-state index is 12.6. The number of halogens is 1. The number of fused-ring (bicyclic) bond motifs is 1. The maximum absolute atomic E-state index is 12.6. The highest BCUT2D eigenvalue weighted by atomic mass is 35.5. The zero-order chi connectivity index (χ0) is 18.8. The first-order chi connectivity index (χ1) is 13.1. The van der Waals surface area contributed by atoms with Gasteiger partial charge in [0, 0.05) is 19.2 Å². The van der Waals surface area contributed by atoms with Crippen LogP contribution in [0.4, 0.5) is 0 Å². The molecule has 0 aliphatic heterocycles. The number of benzene rings is 1. The van der Waals surface area contributed by atoms with Crippen molar-refractivity contribution in [3.8, 4) is 5.69 Å². The molecule has 0 fully saturated rings. The predicted molar refractivity (Wildman–Crippen MR) is 102 cm³/mol. The van der Waals surface area contributed by atoms with Gasteiger partial charge in [-0.3, -0.25) is 9.20 Å². The summed E-state index contributed by atoms with van der Waals surface area (Å²) in [6.45, 7) is 2.19. The molecule has 4 rings (SSSR count). The summed E-state index contributed by atoms with van der Waals surface area (Å²) >= 11 is 6.43. The van der Waals surface area contributed by atoms with Crippen molar-refractivity contribution in [2.75, 3.05) is 6.54 Å². The van der Waals surface area contributed by atoms with Crippen molar-refractivity contribution in [1.82, 2.24) is 29.7 Å². The topological polar surface area (TPSA) is 77.1 Å². The van der Waals surface area contributed by atoms with E-state index in [1.165, 1.54) is 0 Å². The van der Waals surface area contributed by atoms with Gasteiger partial charge in [-0.1, -0.05) is 35.9 Å². The predicted octanol–water partition coefficient (Wildman–Crippen LogP) is 2.85. The van der Waals surface area contributed by atoms with E-state index in [0.29, 0.717) is 29.4 Å². The van der Waals surface area contributed by atoms with Crippen LogP contribution < -0.4 is 5.32 Å². The Morgan fingerprint density at radius 1 is 1.11 bits per heavy atom. The number of pyridine rings is 1. The fourth-order valence-corrected chi connectivity index (χ4v) is 3.29. The van der Waals surface area contributed by atoms with E-state index in [1.807, 2.05) is 59.1 Å². The van der Waals surface area contributed by atoms with Crippen LogP contribution in [0.3, 0.4) is 0 Å². The third-order valence-electron chi connectivity index (χ3n) is 4.25. The molecule has 27 heavy (non-hydrogen) atoms. The summed E-state index contributed by atoms with van der Waals surface area (Å²) in [5.41, 5.74) is 2.54. The third-order valence-corrected chi connectivity index (χ3v) is 4.60. The standard InChI is InChI=1S/C19H17ClN6O/c1-13-17(18(20)26(24-13)14-7-3-2-4-8-14)19(27)21-11-10-16-23-22-15-9-5-6-12-25(15)16/h2-9,12H,10-11H2,1H3,(H,21,27). The summed E-state index contributed by atoms with van der Waals surface area (Å²) in [5.74, 6) is 0.530. The number of carbonyl (C=O) groups is 1. The number of nitrogens with zero attached hydrogens (tertiary/aromatic N) is 5. The first kappa shape index (κ1) is 17.2. The molecule has 3 aromatic heterocycles. The molecular formula is C19H17ClN6O. The number of hydrogen-bond donors (Lipinski definition) is 1. The van der Waals surface area contributed by atoms with Gasteiger partial charge in [-0.15, -0.1) is 10.2 Å². The van der Waals surface area contributed by atoms with E-state index in [-0.39, 0.29) is 5.91 Å². The van der Waals surface area contributed by atoms with Gasteiger partial charge in [-0.05, 0) is 31.2 Å². The van der Waals surface area contributed by atoms with Crippen molar-refractivity contribution in [2.45, 2.75) is 13.3 Å². The number of aryl methyl sites for hydroxylation is 1. The lowest BCUT2D eigenvalue weighted by Gasteiger charge is -2.05. The minimum absolute atomic E-state index is 0.256. The Morgan fingerprint density at radius 2 is 1.89 bits per heavy atom. The van der Waals surface area contributed by atoms with Gasteiger partial charge in [0.2, 0.25) is 0 Å². The summed E-state index contributed by atoms with van der Waals surface area (Å²) in [6.07, 6.45) is 2.46. The molecule has 8 heteroatoms. The molecule has 1 N–H and O–H groups in total. The zero-order valence-electron chi connectivity index (χ0n) is 14.6. The van der Waals surface area contributed by atoms with E-state index in [1.54, 1.807) is 11.6 Å². The van der Waals surface area contributed by atoms with Crippen LogP contribution in [-0.4, -0.2) is 36.8 Å². The normalized spacial score (nSPS) is 11.0. The van der Waals surface area contributed by atoms with E-state index in [2.05, 4.69) is 20.6 Å². The van der Waals surface area contributed by atoms with Crippen LogP contribution in [0, 0.1) is 6.92 Å². The van der Waals surface area contributed by atoms with Gasteiger partial charge in [0.15, 0.2) is 5.65 Å². The molecule has 136 valence electrons. The van der Waals surface area contributed by atoms with Crippen molar-refractivity contribution in [2.24, 2.45) is 0 Å². The molecule has 4 aromatic rings. The number of hydrogen-bond acceptors (Lipinski definition) is 4. The summed E-state index contributed by atoms with van der Waals surface area (Å²) in [6, 6.07) is 15.2. The van der Waals surface area contributed by atoms with Crippen LogP contribution in [0.2, 0.25) is 5.15 Å². The van der Waals surface area contributed by atoms with Gasteiger partial charge in [0.05, 0.1) is 16.9 Å². The van der Waals surface area contributed by atoms with Crippen molar-refractivity contribution in [3.63, 3.8) is 0 Å². The van der Waals surface area contributed by atoms with Crippen LogP contribution in [0.25, 0.3) is 11.3 Å². The van der Waals surface area contributed by atoms with Crippen LogP contribution in [0.1, 0.15) is 21.9 Å². The number of aromatic nitrogens is 5. The first-order valence-electron chi connectivity index (χ1n) is 8.52. The lowest BCUT2D eigenvalue weighted by molar-refractivity contribution is 0.0953. The van der Waals surface area contributed by atoms with Crippen LogP contribution >= 0.6 is 11.6 Å². The van der Waals surface area contributed by atoms with Crippen LogP contribution in [0.5, 0.6) is 0 Å². The molecule has 0 atom stereocenters. The Balaban J connectivity index is 1.48. The average Bonchev–Trinajstić information content (AvgIpc) is 3.23. The number of para-hydroxylation sites is 1. The van der Waals surface area contributed by atoms with Crippen molar-refractivity contribution < 1.29 is 4.79 Å². The van der Waals surface area contributed by atoms with E-state index < -0.39 is 0 Å². The molecule has 0 unspecified atom stereocenters. The van der Waals surface area contributed by atoms with Gasteiger partial charge in [0.25, 0.3) is 5.91 Å². The Labute approximate surface area is 160 Å². The average molecular weight is 381 g/mol. The number of nitrogens with one attached hydrogen (secondary N) is 1.